The lowest BCUT2D eigenvalue weighted by atomic mass is 10.1. The molecule has 1 atom stereocenters. The van der Waals surface area contributed by atoms with Crippen LogP contribution in [0, 0.1) is 0 Å². The van der Waals surface area contributed by atoms with Crippen LogP contribution in [0.3, 0.4) is 0 Å². The molecule has 0 saturated carbocycles. The quantitative estimate of drug-likeness (QED) is 0.882. The lowest BCUT2D eigenvalue weighted by Gasteiger charge is -2.07. The van der Waals surface area contributed by atoms with E-state index in [2.05, 4.69) is 10.4 Å². The second-order valence-corrected chi connectivity index (χ2v) is 5.04. The summed E-state index contributed by atoms with van der Waals surface area (Å²) < 4.78 is 1.78. The molecule has 5 heteroatoms. The highest BCUT2D eigenvalue weighted by Crippen LogP contribution is 2.28. The number of rotatable bonds is 5. The van der Waals surface area contributed by atoms with Crippen molar-refractivity contribution >= 4 is 11.6 Å². The molecule has 1 unspecified atom stereocenters. The number of aromatic nitrogens is 2. The van der Waals surface area contributed by atoms with E-state index in [4.69, 9.17) is 11.6 Å². The van der Waals surface area contributed by atoms with Crippen molar-refractivity contribution in [1.82, 2.24) is 15.1 Å². The van der Waals surface area contributed by atoms with Gasteiger partial charge in [-0.05, 0) is 13.0 Å². The Labute approximate surface area is 118 Å². The number of aliphatic hydroxyl groups excluding tert-OH is 1. The van der Waals surface area contributed by atoms with E-state index in [1.165, 1.54) is 0 Å². The van der Waals surface area contributed by atoms with Crippen LogP contribution in [0.2, 0.25) is 5.02 Å². The Morgan fingerprint density at radius 3 is 2.84 bits per heavy atom. The molecule has 0 aliphatic rings. The lowest BCUT2D eigenvalue weighted by Crippen LogP contribution is -2.23. The van der Waals surface area contributed by atoms with Gasteiger partial charge in [-0.15, -0.1) is 0 Å². The van der Waals surface area contributed by atoms with Gasteiger partial charge in [0.2, 0.25) is 0 Å². The van der Waals surface area contributed by atoms with Crippen LogP contribution in [0.1, 0.15) is 12.5 Å². The number of aryl methyl sites for hydroxylation is 1. The van der Waals surface area contributed by atoms with Crippen molar-refractivity contribution in [3.8, 4) is 11.3 Å². The molecule has 1 aromatic heterocycles. The molecule has 0 radical (unpaired) electrons. The minimum atomic E-state index is -0.361. The molecule has 0 spiro atoms. The van der Waals surface area contributed by atoms with Gasteiger partial charge in [-0.25, -0.2) is 0 Å². The molecule has 102 valence electrons. The van der Waals surface area contributed by atoms with Crippen LogP contribution in [-0.4, -0.2) is 27.5 Å². The standard InChI is InChI=1S/C14H18ClN3O/c1-10(19)7-16-8-11-9-18(2)17-14(11)12-5-3-4-6-13(12)15/h3-6,9-10,16,19H,7-8H2,1-2H3. The average molecular weight is 280 g/mol. The summed E-state index contributed by atoms with van der Waals surface area (Å²) in [7, 11) is 1.89. The van der Waals surface area contributed by atoms with Crippen LogP contribution in [0.5, 0.6) is 0 Å². The van der Waals surface area contributed by atoms with E-state index in [0.717, 1.165) is 16.8 Å². The van der Waals surface area contributed by atoms with Crippen LogP contribution in [0.15, 0.2) is 30.5 Å². The van der Waals surface area contributed by atoms with Crippen LogP contribution in [0.4, 0.5) is 0 Å². The van der Waals surface area contributed by atoms with E-state index >= 15 is 0 Å². The number of benzene rings is 1. The number of halogens is 1. The van der Waals surface area contributed by atoms with Crippen molar-refractivity contribution < 1.29 is 5.11 Å². The maximum atomic E-state index is 9.26. The molecule has 0 saturated heterocycles. The fourth-order valence-electron chi connectivity index (χ4n) is 1.96. The summed E-state index contributed by atoms with van der Waals surface area (Å²) in [5, 5.41) is 17.6. The monoisotopic (exact) mass is 279 g/mol. The highest BCUT2D eigenvalue weighted by molar-refractivity contribution is 6.33. The molecular weight excluding hydrogens is 262 g/mol. The lowest BCUT2D eigenvalue weighted by molar-refractivity contribution is 0.191. The Morgan fingerprint density at radius 1 is 1.42 bits per heavy atom. The van der Waals surface area contributed by atoms with Gasteiger partial charge in [-0.1, -0.05) is 29.8 Å². The molecule has 19 heavy (non-hydrogen) atoms. The summed E-state index contributed by atoms with van der Waals surface area (Å²) in [4.78, 5) is 0. The van der Waals surface area contributed by atoms with Crippen LogP contribution in [0.25, 0.3) is 11.3 Å². The molecule has 0 amide bonds. The first-order valence-corrected chi connectivity index (χ1v) is 6.62. The van der Waals surface area contributed by atoms with Gasteiger partial charge in [0.15, 0.2) is 0 Å². The van der Waals surface area contributed by atoms with Crippen LogP contribution >= 0.6 is 11.6 Å². The van der Waals surface area contributed by atoms with E-state index in [0.29, 0.717) is 18.1 Å². The number of aliphatic hydroxyl groups is 1. The van der Waals surface area contributed by atoms with Gasteiger partial charge in [-0.2, -0.15) is 5.10 Å². The molecular formula is C14H18ClN3O. The molecule has 1 heterocycles. The van der Waals surface area contributed by atoms with Gasteiger partial charge in [0, 0.05) is 37.5 Å². The fraction of sp³-hybridized carbons (Fsp3) is 0.357. The third-order valence-corrected chi connectivity index (χ3v) is 3.12. The third-order valence-electron chi connectivity index (χ3n) is 2.79. The fourth-order valence-corrected chi connectivity index (χ4v) is 2.19. The van der Waals surface area contributed by atoms with Gasteiger partial charge in [0.05, 0.1) is 16.8 Å². The normalized spacial score (nSPS) is 12.6. The van der Waals surface area contributed by atoms with Gasteiger partial charge in [0.1, 0.15) is 0 Å². The zero-order chi connectivity index (χ0) is 13.8. The van der Waals surface area contributed by atoms with Crippen molar-refractivity contribution in [3.05, 3.63) is 41.0 Å². The highest BCUT2D eigenvalue weighted by atomic mass is 35.5. The average Bonchev–Trinajstić information content (AvgIpc) is 2.70. The van der Waals surface area contributed by atoms with E-state index in [1.807, 2.05) is 37.5 Å². The molecule has 1 aromatic carbocycles. The largest absolute Gasteiger partial charge is 0.392 e. The minimum absolute atomic E-state index is 0.361. The van der Waals surface area contributed by atoms with Gasteiger partial charge in [-0.3, -0.25) is 4.68 Å². The molecule has 2 aromatic rings. The Hall–Kier alpha value is -1.36. The number of nitrogens with one attached hydrogen (secondary N) is 1. The van der Waals surface area contributed by atoms with E-state index in [-0.39, 0.29) is 6.10 Å². The molecule has 0 fully saturated rings. The molecule has 0 aliphatic carbocycles. The summed E-state index contributed by atoms with van der Waals surface area (Å²) in [6.07, 6.45) is 1.61. The Bertz CT molecular complexity index is 551. The highest BCUT2D eigenvalue weighted by Gasteiger charge is 2.12. The second-order valence-electron chi connectivity index (χ2n) is 4.64. The summed E-state index contributed by atoms with van der Waals surface area (Å²) in [6, 6.07) is 7.67. The third kappa shape index (κ3) is 3.56. The SMILES string of the molecule is CC(O)CNCc1cn(C)nc1-c1ccccc1Cl. The number of hydrogen-bond donors (Lipinski definition) is 2. The number of hydrogen-bond acceptors (Lipinski definition) is 3. The Balaban J connectivity index is 2.24. The van der Waals surface area contributed by atoms with Crippen LogP contribution < -0.4 is 5.32 Å². The first-order chi connectivity index (χ1) is 9.08. The van der Waals surface area contributed by atoms with Gasteiger partial charge >= 0.3 is 0 Å². The minimum Gasteiger partial charge on any atom is -0.392 e. The van der Waals surface area contributed by atoms with E-state index < -0.39 is 0 Å². The summed E-state index contributed by atoms with van der Waals surface area (Å²) in [5.74, 6) is 0. The topological polar surface area (TPSA) is 50.1 Å². The smallest absolute Gasteiger partial charge is 0.0982 e. The van der Waals surface area contributed by atoms with E-state index in [1.54, 1.807) is 11.6 Å². The van der Waals surface area contributed by atoms with Gasteiger partial charge < -0.3 is 10.4 Å². The molecule has 2 rings (SSSR count). The van der Waals surface area contributed by atoms with Crippen molar-refractivity contribution in [2.75, 3.05) is 6.54 Å². The number of nitrogens with zero attached hydrogens (tertiary/aromatic N) is 2. The van der Waals surface area contributed by atoms with Crippen molar-refractivity contribution in [2.24, 2.45) is 7.05 Å². The molecule has 4 nitrogen and oxygen atoms in total. The van der Waals surface area contributed by atoms with Crippen molar-refractivity contribution in [3.63, 3.8) is 0 Å². The van der Waals surface area contributed by atoms with E-state index in [9.17, 15) is 5.11 Å². The maximum absolute atomic E-state index is 9.26. The second kappa shape index (κ2) is 6.19. The zero-order valence-electron chi connectivity index (χ0n) is 11.1. The Morgan fingerprint density at radius 2 is 2.16 bits per heavy atom. The maximum Gasteiger partial charge on any atom is 0.0982 e. The van der Waals surface area contributed by atoms with Crippen LogP contribution in [-0.2, 0) is 13.6 Å². The first-order valence-electron chi connectivity index (χ1n) is 6.24. The molecule has 0 aliphatic heterocycles. The predicted octanol–water partition coefficient (Wildman–Crippen LogP) is 2.21. The molecule has 0 bridgehead atoms. The summed E-state index contributed by atoms with van der Waals surface area (Å²) in [6.45, 7) is 2.96. The van der Waals surface area contributed by atoms with Crippen molar-refractivity contribution in [2.45, 2.75) is 19.6 Å². The summed E-state index contributed by atoms with van der Waals surface area (Å²) >= 11 is 6.21. The Kier molecular flexibility index (Phi) is 4.58. The van der Waals surface area contributed by atoms with Crippen molar-refractivity contribution in [1.29, 1.82) is 0 Å². The predicted molar refractivity (Wildman–Crippen MR) is 77.0 cm³/mol. The molecule has 2 N–H and O–H groups in total. The summed E-state index contributed by atoms with van der Waals surface area (Å²) in [5.41, 5.74) is 2.88. The zero-order valence-corrected chi connectivity index (χ0v) is 11.9. The first kappa shape index (κ1) is 14.1. The van der Waals surface area contributed by atoms with Gasteiger partial charge in [0.25, 0.3) is 0 Å².